The average molecular weight is 278 g/mol. The fraction of sp³-hybridized carbons (Fsp3) is 0.467. The summed E-state index contributed by atoms with van der Waals surface area (Å²) in [6, 6.07) is 9.08. The van der Waals surface area contributed by atoms with Crippen LogP contribution in [0.3, 0.4) is 0 Å². The number of rotatable bonds is 7. The molecular formula is C15H22N2O3. The molecule has 1 rings (SSSR count). The summed E-state index contributed by atoms with van der Waals surface area (Å²) in [5.74, 6) is -0.982. The summed E-state index contributed by atoms with van der Waals surface area (Å²) in [5, 5.41) is 9.06. The van der Waals surface area contributed by atoms with Crippen molar-refractivity contribution >= 4 is 11.9 Å². The quantitative estimate of drug-likeness (QED) is 0.820. The van der Waals surface area contributed by atoms with Crippen LogP contribution in [-0.2, 0) is 16.1 Å². The molecule has 0 aliphatic rings. The van der Waals surface area contributed by atoms with E-state index in [0.29, 0.717) is 13.0 Å². The standard InChI is InChI=1S/C15H22N2O3/c1-4-13(15(19)20)16(2)11-14(18)17(3)10-12-8-6-5-7-9-12/h5-9,13H,4,10-11H2,1-3H3,(H,19,20). The molecule has 0 aliphatic carbocycles. The molecule has 0 heterocycles. The fourth-order valence-electron chi connectivity index (χ4n) is 2.06. The smallest absolute Gasteiger partial charge is 0.320 e. The van der Waals surface area contributed by atoms with Gasteiger partial charge in [0.05, 0.1) is 6.54 Å². The number of aliphatic carboxylic acids is 1. The number of hydrogen-bond acceptors (Lipinski definition) is 3. The SMILES string of the molecule is CCC(C(=O)O)N(C)CC(=O)N(C)Cc1ccccc1. The predicted molar refractivity (Wildman–Crippen MR) is 77.3 cm³/mol. The zero-order valence-electron chi connectivity index (χ0n) is 12.2. The number of carboxylic acid groups (broad SMARTS) is 1. The summed E-state index contributed by atoms with van der Waals surface area (Å²) < 4.78 is 0. The van der Waals surface area contributed by atoms with Gasteiger partial charge in [-0.1, -0.05) is 37.3 Å². The number of amides is 1. The van der Waals surface area contributed by atoms with E-state index in [-0.39, 0.29) is 12.5 Å². The molecule has 5 nitrogen and oxygen atoms in total. The lowest BCUT2D eigenvalue weighted by Crippen LogP contribution is -2.44. The monoisotopic (exact) mass is 278 g/mol. The maximum atomic E-state index is 12.1. The lowest BCUT2D eigenvalue weighted by molar-refractivity contribution is -0.144. The minimum Gasteiger partial charge on any atom is -0.480 e. The molecule has 0 radical (unpaired) electrons. The number of hydrogen-bond donors (Lipinski definition) is 1. The first-order chi connectivity index (χ1) is 9.45. The first-order valence-corrected chi connectivity index (χ1v) is 6.66. The normalized spacial score (nSPS) is 12.2. The second-order valence-corrected chi connectivity index (χ2v) is 4.91. The van der Waals surface area contributed by atoms with Crippen LogP contribution < -0.4 is 0 Å². The van der Waals surface area contributed by atoms with E-state index < -0.39 is 12.0 Å². The molecule has 20 heavy (non-hydrogen) atoms. The molecule has 0 aliphatic heterocycles. The molecule has 0 spiro atoms. The lowest BCUT2D eigenvalue weighted by Gasteiger charge is -2.25. The van der Waals surface area contributed by atoms with Crippen LogP contribution >= 0.6 is 0 Å². The van der Waals surface area contributed by atoms with Gasteiger partial charge in [0.2, 0.25) is 5.91 Å². The number of carboxylic acids is 1. The van der Waals surface area contributed by atoms with Crippen molar-refractivity contribution in [3.8, 4) is 0 Å². The fourth-order valence-corrected chi connectivity index (χ4v) is 2.06. The molecule has 1 unspecified atom stereocenters. The summed E-state index contributed by atoms with van der Waals surface area (Å²) in [6.45, 7) is 2.43. The van der Waals surface area contributed by atoms with E-state index in [1.165, 1.54) is 0 Å². The van der Waals surface area contributed by atoms with Gasteiger partial charge < -0.3 is 10.0 Å². The van der Waals surface area contributed by atoms with Crippen molar-refractivity contribution < 1.29 is 14.7 Å². The molecule has 1 aromatic carbocycles. The minimum absolute atomic E-state index is 0.0870. The molecule has 0 bridgehead atoms. The van der Waals surface area contributed by atoms with Crippen molar-refractivity contribution in [3.05, 3.63) is 35.9 Å². The number of likely N-dealkylation sites (N-methyl/N-ethyl adjacent to an activating group) is 2. The van der Waals surface area contributed by atoms with E-state index in [0.717, 1.165) is 5.56 Å². The molecule has 0 saturated carbocycles. The Morgan fingerprint density at radius 1 is 1.20 bits per heavy atom. The average Bonchev–Trinajstić information content (AvgIpc) is 2.40. The zero-order chi connectivity index (χ0) is 15.1. The van der Waals surface area contributed by atoms with Gasteiger partial charge in [-0.25, -0.2) is 0 Å². The van der Waals surface area contributed by atoms with Crippen LogP contribution in [0.4, 0.5) is 0 Å². The van der Waals surface area contributed by atoms with Crippen LogP contribution in [0.2, 0.25) is 0 Å². The van der Waals surface area contributed by atoms with Crippen molar-refractivity contribution in [1.82, 2.24) is 9.80 Å². The molecule has 0 aromatic heterocycles. The molecular weight excluding hydrogens is 256 g/mol. The van der Waals surface area contributed by atoms with E-state index in [1.54, 1.807) is 30.8 Å². The molecule has 1 amide bonds. The number of benzene rings is 1. The van der Waals surface area contributed by atoms with Gasteiger partial charge in [0.15, 0.2) is 0 Å². The van der Waals surface area contributed by atoms with E-state index >= 15 is 0 Å². The second-order valence-electron chi connectivity index (χ2n) is 4.91. The van der Waals surface area contributed by atoms with Gasteiger partial charge in [-0.2, -0.15) is 0 Å². The Hall–Kier alpha value is -1.88. The maximum absolute atomic E-state index is 12.1. The van der Waals surface area contributed by atoms with Crippen LogP contribution in [0.1, 0.15) is 18.9 Å². The Bertz CT molecular complexity index is 448. The summed E-state index contributed by atoms with van der Waals surface area (Å²) in [6.07, 6.45) is 0.474. The van der Waals surface area contributed by atoms with E-state index in [9.17, 15) is 9.59 Å². The largest absolute Gasteiger partial charge is 0.480 e. The summed E-state index contributed by atoms with van der Waals surface area (Å²) in [5.41, 5.74) is 1.05. The third kappa shape index (κ3) is 4.66. The van der Waals surface area contributed by atoms with E-state index in [1.807, 2.05) is 30.3 Å². The molecule has 5 heteroatoms. The van der Waals surface area contributed by atoms with Gasteiger partial charge >= 0.3 is 5.97 Å². The topological polar surface area (TPSA) is 60.9 Å². The summed E-state index contributed by atoms with van der Waals surface area (Å²) in [7, 11) is 3.39. The third-order valence-electron chi connectivity index (χ3n) is 3.28. The Morgan fingerprint density at radius 2 is 1.80 bits per heavy atom. The summed E-state index contributed by atoms with van der Waals surface area (Å²) >= 11 is 0. The van der Waals surface area contributed by atoms with Crippen LogP contribution in [0.5, 0.6) is 0 Å². The highest BCUT2D eigenvalue weighted by atomic mass is 16.4. The van der Waals surface area contributed by atoms with Gasteiger partial charge in [0, 0.05) is 13.6 Å². The van der Waals surface area contributed by atoms with Gasteiger partial charge in [0.1, 0.15) is 6.04 Å². The van der Waals surface area contributed by atoms with Crippen molar-refractivity contribution in [1.29, 1.82) is 0 Å². The second kappa shape index (κ2) is 7.65. The van der Waals surface area contributed by atoms with Crippen molar-refractivity contribution in [3.63, 3.8) is 0 Å². The van der Waals surface area contributed by atoms with E-state index in [2.05, 4.69) is 0 Å². The highest BCUT2D eigenvalue weighted by Crippen LogP contribution is 2.06. The van der Waals surface area contributed by atoms with Crippen molar-refractivity contribution in [2.75, 3.05) is 20.6 Å². The highest BCUT2D eigenvalue weighted by Gasteiger charge is 2.23. The highest BCUT2D eigenvalue weighted by molar-refractivity contribution is 5.79. The first kappa shape index (κ1) is 16.2. The van der Waals surface area contributed by atoms with Gasteiger partial charge in [0.25, 0.3) is 0 Å². The van der Waals surface area contributed by atoms with Crippen molar-refractivity contribution in [2.45, 2.75) is 25.9 Å². The molecule has 0 fully saturated rings. The summed E-state index contributed by atoms with van der Waals surface area (Å²) in [4.78, 5) is 26.3. The van der Waals surface area contributed by atoms with E-state index in [4.69, 9.17) is 5.11 Å². The Morgan fingerprint density at radius 3 is 2.30 bits per heavy atom. The first-order valence-electron chi connectivity index (χ1n) is 6.66. The molecule has 1 atom stereocenters. The zero-order valence-corrected chi connectivity index (χ0v) is 12.2. The maximum Gasteiger partial charge on any atom is 0.320 e. The molecule has 110 valence electrons. The van der Waals surface area contributed by atoms with Crippen LogP contribution in [0.25, 0.3) is 0 Å². The molecule has 1 N–H and O–H groups in total. The van der Waals surface area contributed by atoms with Crippen LogP contribution in [0.15, 0.2) is 30.3 Å². The van der Waals surface area contributed by atoms with Gasteiger partial charge in [-0.15, -0.1) is 0 Å². The Kier molecular flexibility index (Phi) is 6.18. The number of carbonyl (C=O) groups excluding carboxylic acids is 1. The number of carbonyl (C=O) groups is 2. The van der Waals surface area contributed by atoms with Crippen LogP contribution in [-0.4, -0.2) is 53.5 Å². The number of nitrogens with zero attached hydrogens (tertiary/aromatic N) is 2. The van der Waals surface area contributed by atoms with Crippen molar-refractivity contribution in [2.24, 2.45) is 0 Å². The lowest BCUT2D eigenvalue weighted by atomic mass is 10.2. The predicted octanol–water partition coefficient (Wildman–Crippen LogP) is 1.44. The Labute approximate surface area is 119 Å². The van der Waals surface area contributed by atoms with Crippen LogP contribution in [0, 0.1) is 0 Å². The third-order valence-corrected chi connectivity index (χ3v) is 3.28. The van der Waals surface area contributed by atoms with Gasteiger partial charge in [-0.3, -0.25) is 14.5 Å². The molecule has 1 aromatic rings. The molecule has 0 saturated heterocycles. The Balaban J connectivity index is 2.55. The minimum atomic E-state index is -0.895. The van der Waals surface area contributed by atoms with Gasteiger partial charge in [-0.05, 0) is 19.0 Å².